The second-order valence-electron chi connectivity index (χ2n) is 2.27. The number of hydrogen-bond donors (Lipinski definition) is 3. The molecule has 0 aliphatic rings. The highest BCUT2D eigenvalue weighted by Crippen LogP contribution is 2.04. The third-order valence-electron chi connectivity index (χ3n) is 1.37. The molecule has 1 amide bonds. The minimum Gasteiger partial charge on any atom is -0.478 e. The summed E-state index contributed by atoms with van der Waals surface area (Å²) in [5.74, 6) is -1.12. The summed E-state index contributed by atoms with van der Waals surface area (Å²) in [5.41, 5.74) is 10.1. The first-order chi connectivity index (χ1) is 5.99. The minimum atomic E-state index is -1.12. The third-order valence-corrected chi connectivity index (χ3v) is 1.37. The number of aliphatic carboxylic acids is 1. The van der Waals surface area contributed by atoms with Crippen LogP contribution < -0.4 is 11.5 Å². The summed E-state index contributed by atoms with van der Waals surface area (Å²) in [4.78, 5) is 20.7. The lowest BCUT2D eigenvalue weighted by atomic mass is 10.1. The fourth-order valence-corrected chi connectivity index (χ4v) is 0.752. The minimum absolute atomic E-state index is 0.00815. The van der Waals surface area contributed by atoms with Gasteiger partial charge in [0.15, 0.2) is 0 Å². The molecule has 0 rings (SSSR count). The Kier molecular flexibility index (Phi) is 4.36. The summed E-state index contributed by atoms with van der Waals surface area (Å²) >= 11 is 0. The number of amides is 1. The van der Waals surface area contributed by atoms with Crippen LogP contribution in [-0.2, 0) is 9.53 Å². The SMILES string of the molecule is CCC(C(=O)O)=C(N)COC(N)=O. The molecular formula is C7H12N2O4. The highest BCUT2D eigenvalue weighted by molar-refractivity contribution is 5.87. The molecule has 74 valence electrons. The second kappa shape index (κ2) is 5.02. The molecule has 13 heavy (non-hydrogen) atoms. The first kappa shape index (κ1) is 11.3. The number of carbonyl (C=O) groups is 2. The van der Waals surface area contributed by atoms with E-state index in [1.54, 1.807) is 6.92 Å². The van der Waals surface area contributed by atoms with Crippen molar-refractivity contribution in [2.75, 3.05) is 6.61 Å². The van der Waals surface area contributed by atoms with E-state index in [0.717, 1.165) is 0 Å². The first-order valence-electron chi connectivity index (χ1n) is 3.62. The van der Waals surface area contributed by atoms with Gasteiger partial charge in [0.25, 0.3) is 0 Å². The zero-order valence-corrected chi connectivity index (χ0v) is 7.24. The monoisotopic (exact) mass is 188 g/mol. The van der Waals surface area contributed by atoms with Gasteiger partial charge in [-0.1, -0.05) is 6.92 Å². The van der Waals surface area contributed by atoms with Crippen LogP contribution in [0.5, 0.6) is 0 Å². The Labute approximate surface area is 75.1 Å². The van der Waals surface area contributed by atoms with Gasteiger partial charge in [-0.3, -0.25) is 0 Å². The fraction of sp³-hybridized carbons (Fsp3) is 0.429. The molecule has 0 heterocycles. The van der Waals surface area contributed by atoms with E-state index in [0.29, 0.717) is 0 Å². The summed E-state index contributed by atoms with van der Waals surface area (Å²) in [7, 11) is 0. The van der Waals surface area contributed by atoms with Crippen molar-refractivity contribution in [3.05, 3.63) is 11.3 Å². The van der Waals surface area contributed by atoms with Crippen LogP contribution in [0.2, 0.25) is 0 Å². The van der Waals surface area contributed by atoms with Crippen LogP contribution in [0.15, 0.2) is 11.3 Å². The zero-order valence-electron chi connectivity index (χ0n) is 7.24. The summed E-state index contributed by atoms with van der Waals surface area (Å²) < 4.78 is 4.33. The second-order valence-corrected chi connectivity index (χ2v) is 2.27. The lowest BCUT2D eigenvalue weighted by Crippen LogP contribution is -2.20. The Balaban J connectivity index is 4.39. The van der Waals surface area contributed by atoms with Gasteiger partial charge in [0, 0.05) is 0 Å². The lowest BCUT2D eigenvalue weighted by Gasteiger charge is -2.05. The number of carboxylic acid groups (broad SMARTS) is 1. The van der Waals surface area contributed by atoms with Gasteiger partial charge in [0.05, 0.1) is 11.3 Å². The molecule has 0 atom stereocenters. The van der Waals surface area contributed by atoms with Crippen molar-refractivity contribution < 1.29 is 19.4 Å². The van der Waals surface area contributed by atoms with Crippen LogP contribution in [0, 0.1) is 0 Å². The topological polar surface area (TPSA) is 116 Å². The van der Waals surface area contributed by atoms with Crippen LogP contribution in [-0.4, -0.2) is 23.8 Å². The van der Waals surface area contributed by atoms with Crippen molar-refractivity contribution in [3.63, 3.8) is 0 Å². The maximum absolute atomic E-state index is 10.5. The van der Waals surface area contributed by atoms with Gasteiger partial charge >= 0.3 is 12.1 Å². The van der Waals surface area contributed by atoms with Crippen LogP contribution in [0.4, 0.5) is 4.79 Å². The van der Waals surface area contributed by atoms with Crippen LogP contribution in [0.25, 0.3) is 0 Å². The molecule has 0 aliphatic carbocycles. The molecule has 6 nitrogen and oxygen atoms in total. The number of carboxylic acids is 1. The maximum atomic E-state index is 10.5. The summed E-state index contributed by atoms with van der Waals surface area (Å²) in [6, 6.07) is 0. The molecule has 0 radical (unpaired) electrons. The molecule has 0 fully saturated rings. The quantitative estimate of drug-likeness (QED) is 0.528. The molecule has 0 saturated carbocycles. The molecule has 0 aromatic rings. The lowest BCUT2D eigenvalue weighted by molar-refractivity contribution is -0.132. The van der Waals surface area contributed by atoms with E-state index in [1.165, 1.54) is 0 Å². The van der Waals surface area contributed by atoms with Crippen LogP contribution >= 0.6 is 0 Å². The summed E-state index contributed by atoms with van der Waals surface area (Å²) in [6.07, 6.45) is -0.715. The van der Waals surface area contributed by atoms with Gasteiger partial charge in [-0.05, 0) is 6.42 Å². The van der Waals surface area contributed by atoms with E-state index in [9.17, 15) is 9.59 Å². The van der Waals surface area contributed by atoms with E-state index in [1.807, 2.05) is 0 Å². The molecule has 0 saturated heterocycles. The molecule has 0 aromatic heterocycles. The molecule has 0 aliphatic heterocycles. The van der Waals surface area contributed by atoms with Crippen molar-refractivity contribution in [3.8, 4) is 0 Å². The van der Waals surface area contributed by atoms with Gasteiger partial charge in [-0.25, -0.2) is 9.59 Å². The summed E-state index contributed by atoms with van der Waals surface area (Å²) in [5, 5.41) is 8.60. The Morgan fingerprint density at radius 1 is 1.38 bits per heavy atom. The van der Waals surface area contributed by atoms with E-state index < -0.39 is 12.1 Å². The predicted molar refractivity (Wildman–Crippen MR) is 44.7 cm³/mol. The molecule has 0 bridgehead atoms. The van der Waals surface area contributed by atoms with Crippen LogP contribution in [0.1, 0.15) is 13.3 Å². The number of carbonyl (C=O) groups excluding carboxylic acids is 1. The van der Waals surface area contributed by atoms with E-state index in [-0.39, 0.29) is 24.3 Å². The van der Waals surface area contributed by atoms with Gasteiger partial charge in [-0.2, -0.15) is 0 Å². The van der Waals surface area contributed by atoms with Crippen molar-refractivity contribution in [1.29, 1.82) is 0 Å². The van der Waals surface area contributed by atoms with Crippen molar-refractivity contribution in [2.24, 2.45) is 11.5 Å². The predicted octanol–water partition coefficient (Wildman–Crippen LogP) is -0.211. The van der Waals surface area contributed by atoms with Gasteiger partial charge < -0.3 is 21.3 Å². The Bertz CT molecular complexity index is 247. The van der Waals surface area contributed by atoms with Crippen molar-refractivity contribution >= 4 is 12.1 Å². The number of hydrogen-bond acceptors (Lipinski definition) is 4. The molecular weight excluding hydrogens is 176 g/mol. The molecule has 6 heteroatoms. The number of nitrogens with two attached hydrogens (primary N) is 2. The largest absolute Gasteiger partial charge is 0.478 e. The van der Waals surface area contributed by atoms with E-state index in [4.69, 9.17) is 10.8 Å². The van der Waals surface area contributed by atoms with Gasteiger partial charge in [0.1, 0.15) is 6.61 Å². The molecule has 5 N–H and O–H groups in total. The van der Waals surface area contributed by atoms with E-state index in [2.05, 4.69) is 10.5 Å². The zero-order chi connectivity index (χ0) is 10.4. The van der Waals surface area contributed by atoms with Crippen LogP contribution in [0.3, 0.4) is 0 Å². The Hall–Kier alpha value is -1.72. The van der Waals surface area contributed by atoms with Crippen molar-refractivity contribution in [1.82, 2.24) is 0 Å². The van der Waals surface area contributed by atoms with Gasteiger partial charge in [-0.15, -0.1) is 0 Å². The van der Waals surface area contributed by atoms with Crippen molar-refractivity contribution in [2.45, 2.75) is 13.3 Å². The van der Waals surface area contributed by atoms with E-state index >= 15 is 0 Å². The first-order valence-corrected chi connectivity index (χ1v) is 3.62. The maximum Gasteiger partial charge on any atom is 0.404 e. The molecule has 0 spiro atoms. The Morgan fingerprint density at radius 3 is 2.23 bits per heavy atom. The molecule has 0 unspecified atom stereocenters. The molecule has 0 aromatic carbocycles. The fourth-order valence-electron chi connectivity index (χ4n) is 0.752. The number of rotatable bonds is 4. The summed E-state index contributed by atoms with van der Waals surface area (Å²) in [6.45, 7) is 1.35. The standard InChI is InChI=1S/C7H12N2O4/c1-2-4(6(10)11)5(8)3-13-7(9)12/h2-3,8H2,1H3,(H2,9,12)(H,10,11). The highest BCUT2D eigenvalue weighted by atomic mass is 16.5. The smallest absolute Gasteiger partial charge is 0.404 e. The third kappa shape index (κ3) is 4.00. The van der Waals surface area contributed by atoms with Gasteiger partial charge in [0.2, 0.25) is 0 Å². The average Bonchev–Trinajstić information content (AvgIpc) is 2.01. The Morgan fingerprint density at radius 2 is 1.92 bits per heavy atom. The number of primary amides is 1. The highest BCUT2D eigenvalue weighted by Gasteiger charge is 2.10. The average molecular weight is 188 g/mol. The number of ether oxygens (including phenoxy) is 1. The normalized spacial score (nSPS) is 11.8.